The number of ether oxygens (including phenoxy) is 1. The molecule has 1 aromatic heterocycles. The van der Waals surface area contributed by atoms with Crippen molar-refractivity contribution >= 4 is 28.5 Å². The first-order valence-corrected chi connectivity index (χ1v) is 5.45. The Kier molecular flexibility index (Phi) is 4.88. The van der Waals surface area contributed by atoms with E-state index in [0.29, 0.717) is 16.1 Å². The van der Waals surface area contributed by atoms with E-state index in [1.54, 1.807) is 18.2 Å². The van der Waals surface area contributed by atoms with Crippen LogP contribution >= 0.6 is 11.6 Å². The molecule has 3 N–H and O–H groups in total. The van der Waals surface area contributed by atoms with Crippen molar-refractivity contribution in [3.8, 4) is 5.75 Å². The minimum Gasteiger partial charge on any atom is -0.496 e. The maximum Gasteiger partial charge on any atom is 0.339 e. The number of pyridine rings is 1. The third kappa shape index (κ3) is 2.88. The third-order valence-corrected chi connectivity index (χ3v) is 2.42. The summed E-state index contributed by atoms with van der Waals surface area (Å²) in [4.78, 5) is 15.0. The Morgan fingerprint density at radius 3 is 2.61 bits per heavy atom. The maximum absolute atomic E-state index is 11.0. The smallest absolute Gasteiger partial charge is 0.339 e. The van der Waals surface area contributed by atoms with E-state index < -0.39 is 5.97 Å². The predicted molar refractivity (Wildman–Crippen MR) is 70.4 cm³/mol. The van der Waals surface area contributed by atoms with Crippen LogP contribution in [0.15, 0.2) is 24.3 Å². The van der Waals surface area contributed by atoms with Crippen molar-refractivity contribution in [2.45, 2.75) is 0 Å². The average Bonchev–Trinajstić information content (AvgIpc) is 2.39. The van der Waals surface area contributed by atoms with Crippen molar-refractivity contribution in [1.82, 2.24) is 4.98 Å². The van der Waals surface area contributed by atoms with Gasteiger partial charge in [0.25, 0.3) is 0 Å². The van der Waals surface area contributed by atoms with Crippen molar-refractivity contribution in [2.75, 3.05) is 14.2 Å². The Morgan fingerprint density at radius 2 is 2.06 bits per heavy atom. The highest BCUT2D eigenvalue weighted by Crippen LogP contribution is 2.25. The Morgan fingerprint density at radius 1 is 1.39 bits per heavy atom. The lowest BCUT2D eigenvalue weighted by Crippen LogP contribution is -2.00. The van der Waals surface area contributed by atoms with Crippen LogP contribution in [-0.4, -0.2) is 30.2 Å². The molecule has 0 saturated heterocycles. The number of benzene rings is 1. The van der Waals surface area contributed by atoms with Crippen LogP contribution in [0.25, 0.3) is 10.9 Å². The van der Waals surface area contributed by atoms with E-state index in [2.05, 4.69) is 10.7 Å². The molecule has 5 nitrogen and oxygen atoms in total. The van der Waals surface area contributed by atoms with E-state index >= 15 is 0 Å². The van der Waals surface area contributed by atoms with Gasteiger partial charge >= 0.3 is 5.97 Å². The number of carboxylic acid groups (broad SMARTS) is 1. The molecule has 18 heavy (non-hydrogen) atoms. The monoisotopic (exact) mass is 268 g/mol. The van der Waals surface area contributed by atoms with Crippen LogP contribution in [0, 0.1) is 0 Å². The molecule has 0 unspecified atom stereocenters. The van der Waals surface area contributed by atoms with E-state index in [4.69, 9.17) is 21.4 Å². The molecule has 0 amide bonds. The minimum absolute atomic E-state index is 0.110. The summed E-state index contributed by atoms with van der Waals surface area (Å²) in [5.74, 6) is -0.761. The molecule has 0 aliphatic carbocycles. The van der Waals surface area contributed by atoms with Crippen molar-refractivity contribution in [1.29, 1.82) is 0 Å². The topological polar surface area (TPSA) is 85.4 Å². The second-order valence-electron chi connectivity index (χ2n) is 3.18. The van der Waals surface area contributed by atoms with Crippen LogP contribution in [0.1, 0.15) is 10.4 Å². The first-order chi connectivity index (χ1) is 8.61. The molecule has 0 fully saturated rings. The largest absolute Gasteiger partial charge is 0.496 e. The van der Waals surface area contributed by atoms with Crippen LogP contribution < -0.4 is 10.5 Å². The number of aromatic carboxylic acids is 1. The highest BCUT2D eigenvalue weighted by Gasteiger charge is 2.12. The highest BCUT2D eigenvalue weighted by molar-refractivity contribution is 6.29. The SMILES string of the molecule is CN.COc1cc2nc(Cl)ccc2cc1C(=O)O. The van der Waals surface area contributed by atoms with Gasteiger partial charge in [0.1, 0.15) is 16.5 Å². The zero-order valence-corrected chi connectivity index (χ0v) is 10.7. The minimum atomic E-state index is -1.03. The van der Waals surface area contributed by atoms with Gasteiger partial charge in [0.2, 0.25) is 0 Å². The summed E-state index contributed by atoms with van der Waals surface area (Å²) in [6.45, 7) is 0. The van der Waals surface area contributed by atoms with Crippen molar-refractivity contribution < 1.29 is 14.6 Å². The van der Waals surface area contributed by atoms with Gasteiger partial charge in [-0.05, 0) is 25.2 Å². The van der Waals surface area contributed by atoms with E-state index in [0.717, 1.165) is 0 Å². The third-order valence-electron chi connectivity index (χ3n) is 2.21. The van der Waals surface area contributed by atoms with Gasteiger partial charge < -0.3 is 15.6 Å². The quantitative estimate of drug-likeness (QED) is 0.815. The molecular weight excluding hydrogens is 256 g/mol. The molecule has 2 rings (SSSR count). The van der Waals surface area contributed by atoms with Gasteiger partial charge in [0.05, 0.1) is 12.6 Å². The van der Waals surface area contributed by atoms with Gasteiger partial charge in [-0.2, -0.15) is 0 Å². The number of rotatable bonds is 2. The molecule has 1 aromatic carbocycles. The number of hydrogen-bond donors (Lipinski definition) is 2. The Bertz CT molecular complexity index is 572. The van der Waals surface area contributed by atoms with Crippen molar-refractivity contribution in [2.24, 2.45) is 5.73 Å². The number of aromatic nitrogens is 1. The standard InChI is InChI=1S/C11H8ClNO3.CH5N/c1-16-9-5-8-6(2-3-10(12)13-8)4-7(9)11(14)15;1-2/h2-5H,1H3,(H,14,15);2H2,1H3. The zero-order chi connectivity index (χ0) is 13.7. The molecule has 1 heterocycles. The summed E-state index contributed by atoms with van der Waals surface area (Å²) in [5.41, 5.74) is 5.22. The fourth-order valence-electron chi connectivity index (χ4n) is 1.46. The van der Waals surface area contributed by atoms with E-state index in [1.807, 2.05) is 0 Å². The molecule has 0 radical (unpaired) electrons. The lowest BCUT2D eigenvalue weighted by atomic mass is 10.1. The summed E-state index contributed by atoms with van der Waals surface area (Å²) >= 11 is 5.75. The summed E-state index contributed by atoms with van der Waals surface area (Å²) in [6.07, 6.45) is 0. The number of nitrogens with two attached hydrogens (primary N) is 1. The molecule has 6 heteroatoms. The summed E-state index contributed by atoms with van der Waals surface area (Å²) < 4.78 is 4.99. The molecule has 0 aliphatic rings. The molecule has 0 saturated carbocycles. The summed E-state index contributed by atoms with van der Waals surface area (Å²) in [6, 6.07) is 6.41. The lowest BCUT2D eigenvalue weighted by molar-refractivity contribution is 0.0693. The van der Waals surface area contributed by atoms with Crippen molar-refractivity contribution in [3.63, 3.8) is 0 Å². The molecule has 0 bridgehead atoms. The zero-order valence-electron chi connectivity index (χ0n) is 9.98. The highest BCUT2D eigenvalue weighted by atomic mass is 35.5. The van der Waals surface area contributed by atoms with Gasteiger partial charge in [0.15, 0.2) is 0 Å². The van der Waals surface area contributed by atoms with Gasteiger partial charge in [-0.1, -0.05) is 11.6 Å². The number of carbonyl (C=O) groups is 1. The molecule has 0 atom stereocenters. The molecule has 0 aliphatic heterocycles. The fraction of sp³-hybridized carbons (Fsp3) is 0.167. The Labute approximate surface area is 109 Å². The average molecular weight is 269 g/mol. The van der Waals surface area contributed by atoms with Crippen LogP contribution in [0.5, 0.6) is 5.75 Å². The number of fused-ring (bicyclic) bond motifs is 1. The maximum atomic E-state index is 11.0. The number of nitrogens with zero attached hydrogens (tertiary/aromatic N) is 1. The van der Waals surface area contributed by atoms with Crippen LogP contribution in [-0.2, 0) is 0 Å². The number of halogens is 1. The number of carboxylic acids is 1. The first kappa shape index (κ1) is 14.2. The first-order valence-electron chi connectivity index (χ1n) is 5.07. The fourth-order valence-corrected chi connectivity index (χ4v) is 1.62. The summed E-state index contributed by atoms with van der Waals surface area (Å²) in [5, 5.41) is 10.1. The van der Waals surface area contributed by atoms with Crippen molar-refractivity contribution in [3.05, 3.63) is 35.0 Å². The predicted octanol–water partition coefficient (Wildman–Crippen LogP) is 2.17. The van der Waals surface area contributed by atoms with Crippen LogP contribution in [0.3, 0.4) is 0 Å². The van der Waals surface area contributed by atoms with Gasteiger partial charge in [-0.3, -0.25) is 0 Å². The van der Waals surface area contributed by atoms with Gasteiger partial charge in [0, 0.05) is 11.5 Å². The molecule has 96 valence electrons. The van der Waals surface area contributed by atoms with Gasteiger partial charge in [-0.25, -0.2) is 9.78 Å². The normalized spacial score (nSPS) is 9.56. The van der Waals surface area contributed by atoms with Crippen LogP contribution in [0.4, 0.5) is 0 Å². The second-order valence-corrected chi connectivity index (χ2v) is 3.57. The number of methoxy groups -OCH3 is 1. The van der Waals surface area contributed by atoms with E-state index in [-0.39, 0.29) is 11.3 Å². The number of hydrogen-bond acceptors (Lipinski definition) is 4. The second kappa shape index (κ2) is 6.18. The van der Waals surface area contributed by atoms with Crippen LogP contribution in [0.2, 0.25) is 5.15 Å². The molecular formula is C12H13ClN2O3. The Hall–Kier alpha value is -1.85. The van der Waals surface area contributed by atoms with E-state index in [1.165, 1.54) is 20.2 Å². The van der Waals surface area contributed by atoms with Gasteiger partial charge in [-0.15, -0.1) is 0 Å². The molecule has 0 spiro atoms. The Balaban J connectivity index is 0.000000771. The van der Waals surface area contributed by atoms with E-state index in [9.17, 15) is 4.79 Å². The lowest BCUT2D eigenvalue weighted by Gasteiger charge is -2.06. The molecule has 2 aromatic rings. The summed E-state index contributed by atoms with van der Waals surface area (Å²) in [7, 11) is 2.91.